The Kier molecular flexibility index (Phi) is 2.44. The van der Waals surface area contributed by atoms with Crippen LogP contribution in [-0.4, -0.2) is 12.7 Å². The maximum Gasteiger partial charge on any atom is 0.175 e. The van der Waals surface area contributed by atoms with Gasteiger partial charge in [0.25, 0.3) is 0 Å². The first-order chi connectivity index (χ1) is 7.24. The standard InChI is InChI=1S/C12H16N2O/c1-2-15-10-7-11(5-3-4-6-11)12(10,8-13)9-14/h10H,2-7H2,1H3/t10-/m0/s1. The van der Waals surface area contributed by atoms with E-state index in [1.165, 1.54) is 0 Å². The molecule has 3 nitrogen and oxygen atoms in total. The van der Waals surface area contributed by atoms with Gasteiger partial charge in [0.15, 0.2) is 5.41 Å². The molecule has 2 aliphatic rings. The summed E-state index contributed by atoms with van der Waals surface area (Å²) in [5.41, 5.74) is -0.907. The molecule has 1 atom stereocenters. The van der Waals surface area contributed by atoms with Crippen molar-refractivity contribution in [3.8, 4) is 12.1 Å². The lowest BCUT2D eigenvalue weighted by Gasteiger charge is -2.55. The average Bonchev–Trinajstić information content (AvgIpc) is 2.71. The molecule has 80 valence electrons. The number of nitriles is 2. The number of hydrogen-bond acceptors (Lipinski definition) is 3. The van der Waals surface area contributed by atoms with Crippen molar-refractivity contribution in [2.45, 2.75) is 45.1 Å². The van der Waals surface area contributed by atoms with Crippen molar-refractivity contribution >= 4 is 0 Å². The summed E-state index contributed by atoms with van der Waals surface area (Å²) in [6.07, 6.45) is 5.11. The maximum absolute atomic E-state index is 9.31. The first-order valence-corrected chi connectivity index (χ1v) is 5.69. The minimum Gasteiger partial charge on any atom is -0.376 e. The summed E-state index contributed by atoms with van der Waals surface area (Å²) in [6.45, 7) is 2.50. The zero-order chi connectivity index (χ0) is 10.9. The highest BCUT2D eigenvalue weighted by Gasteiger charge is 2.68. The largest absolute Gasteiger partial charge is 0.376 e. The molecular formula is C12H16N2O. The normalized spacial score (nSPS) is 30.5. The Bertz CT molecular complexity index is 317. The van der Waals surface area contributed by atoms with Gasteiger partial charge in [0, 0.05) is 12.0 Å². The summed E-state index contributed by atoms with van der Waals surface area (Å²) in [4.78, 5) is 0. The van der Waals surface area contributed by atoms with E-state index in [1.807, 2.05) is 6.92 Å². The van der Waals surface area contributed by atoms with E-state index < -0.39 is 5.41 Å². The van der Waals surface area contributed by atoms with Gasteiger partial charge in [-0.15, -0.1) is 0 Å². The smallest absolute Gasteiger partial charge is 0.175 e. The van der Waals surface area contributed by atoms with Crippen LogP contribution in [0.5, 0.6) is 0 Å². The molecule has 0 saturated heterocycles. The molecule has 1 spiro atoms. The van der Waals surface area contributed by atoms with Gasteiger partial charge in [-0.3, -0.25) is 0 Å². The van der Waals surface area contributed by atoms with Crippen molar-refractivity contribution in [1.29, 1.82) is 10.5 Å². The molecular weight excluding hydrogens is 188 g/mol. The molecule has 3 heteroatoms. The Morgan fingerprint density at radius 1 is 1.27 bits per heavy atom. The van der Waals surface area contributed by atoms with Gasteiger partial charge in [0.2, 0.25) is 0 Å². The van der Waals surface area contributed by atoms with E-state index in [1.54, 1.807) is 0 Å². The van der Waals surface area contributed by atoms with Crippen LogP contribution in [0, 0.1) is 33.5 Å². The number of ether oxygens (including phenoxy) is 1. The minimum absolute atomic E-state index is 0.0453. The molecule has 0 bridgehead atoms. The summed E-state index contributed by atoms with van der Waals surface area (Å²) in [5.74, 6) is 0. The highest BCUT2D eigenvalue weighted by molar-refractivity contribution is 5.32. The molecule has 0 unspecified atom stereocenters. The fourth-order valence-corrected chi connectivity index (χ4v) is 3.32. The fraction of sp³-hybridized carbons (Fsp3) is 0.833. The molecule has 0 N–H and O–H groups in total. The SMILES string of the molecule is CCO[C@H]1CC2(CCCC2)C1(C#N)C#N. The highest BCUT2D eigenvalue weighted by Crippen LogP contribution is 2.65. The molecule has 0 aromatic heterocycles. The monoisotopic (exact) mass is 204 g/mol. The van der Waals surface area contributed by atoms with Gasteiger partial charge in [-0.25, -0.2) is 0 Å². The van der Waals surface area contributed by atoms with Crippen molar-refractivity contribution in [3.05, 3.63) is 0 Å². The van der Waals surface area contributed by atoms with Gasteiger partial charge in [-0.05, 0) is 26.2 Å². The van der Waals surface area contributed by atoms with Crippen LogP contribution in [0.25, 0.3) is 0 Å². The van der Waals surface area contributed by atoms with Crippen LogP contribution in [0.4, 0.5) is 0 Å². The summed E-state index contributed by atoms with van der Waals surface area (Å²) in [7, 11) is 0. The predicted molar refractivity (Wildman–Crippen MR) is 54.6 cm³/mol. The molecule has 0 aromatic rings. The summed E-state index contributed by atoms with van der Waals surface area (Å²) in [6, 6.07) is 4.49. The van der Waals surface area contributed by atoms with Crippen LogP contribution < -0.4 is 0 Å². The average molecular weight is 204 g/mol. The van der Waals surface area contributed by atoms with Gasteiger partial charge in [-0.1, -0.05) is 12.8 Å². The quantitative estimate of drug-likeness (QED) is 0.694. The van der Waals surface area contributed by atoms with E-state index in [0.29, 0.717) is 6.61 Å². The number of rotatable bonds is 2. The molecule has 15 heavy (non-hydrogen) atoms. The van der Waals surface area contributed by atoms with Crippen LogP contribution in [0.3, 0.4) is 0 Å². The maximum atomic E-state index is 9.31. The summed E-state index contributed by atoms with van der Waals surface area (Å²) < 4.78 is 5.52. The lowest BCUT2D eigenvalue weighted by atomic mass is 9.47. The van der Waals surface area contributed by atoms with Gasteiger partial charge in [-0.2, -0.15) is 10.5 Å². The lowest BCUT2D eigenvalue weighted by molar-refractivity contribution is -0.151. The van der Waals surface area contributed by atoms with Crippen molar-refractivity contribution in [2.75, 3.05) is 6.61 Å². The molecule has 0 amide bonds. The van der Waals surface area contributed by atoms with Gasteiger partial charge < -0.3 is 4.74 Å². The Hall–Kier alpha value is -1.06. The van der Waals surface area contributed by atoms with Crippen molar-refractivity contribution < 1.29 is 4.74 Å². The van der Waals surface area contributed by atoms with Crippen LogP contribution in [0.2, 0.25) is 0 Å². The lowest BCUT2D eigenvalue weighted by Crippen LogP contribution is -2.60. The molecule has 0 aromatic carbocycles. The Morgan fingerprint density at radius 2 is 1.87 bits per heavy atom. The van der Waals surface area contributed by atoms with Gasteiger partial charge >= 0.3 is 0 Å². The topological polar surface area (TPSA) is 56.8 Å². The molecule has 0 radical (unpaired) electrons. The van der Waals surface area contributed by atoms with Crippen LogP contribution in [-0.2, 0) is 4.74 Å². The van der Waals surface area contributed by atoms with E-state index in [4.69, 9.17) is 4.74 Å². The fourth-order valence-electron chi connectivity index (χ4n) is 3.32. The first-order valence-electron chi connectivity index (χ1n) is 5.69. The van der Waals surface area contributed by atoms with Gasteiger partial charge in [0.05, 0.1) is 18.2 Å². The third-order valence-electron chi connectivity index (χ3n) is 4.18. The van der Waals surface area contributed by atoms with Crippen molar-refractivity contribution in [2.24, 2.45) is 10.8 Å². The number of nitrogens with zero attached hydrogens (tertiary/aromatic N) is 2. The van der Waals surface area contributed by atoms with E-state index in [9.17, 15) is 10.5 Å². The highest BCUT2D eigenvalue weighted by atomic mass is 16.5. The second kappa shape index (κ2) is 3.51. The Labute approximate surface area is 90.6 Å². The summed E-state index contributed by atoms with van der Waals surface area (Å²) >= 11 is 0. The Morgan fingerprint density at radius 3 is 2.33 bits per heavy atom. The van der Waals surface area contributed by atoms with Crippen molar-refractivity contribution in [3.63, 3.8) is 0 Å². The molecule has 0 aliphatic heterocycles. The molecule has 0 heterocycles. The van der Waals surface area contributed by atoms with E-state index in [-0.39, 0.29) is 11.5 Å². The molecule has 2 rings (SSSR count). The second-order valence-electron chi connectivity index (χ2n) is 4.67. The zero-order valence-corrected chi connectivity index (χ0v) is 9.12. The van der Waals surface area contributed by atoms with Crippen LogP contribution in [0.15, 0.2) is 0 Å². The third-order valence-corrected chi connectivity index (χ3v) is 4.18. The minimum atomic E-state index is -0.862. The first kappa shape index (κ1) is 10.5. The third kappa shape index (κ3) is 1.13. The van der Waals surface area contributed by atoms with E-state index >= 15 is 0 Å². The number of hydrogen-bond donors (Lipinski definition) is 0. The molecule has 2 fully saturated rings. The van der Waals surface area contributed by atoms with E-state index in [2.05, 4.69) is 12.1 Å². The second-order valence-corrected chi connectivity index (χ2v) is 4.67. The van der Waals surface area contributed by atoms with Gasteiger partial charge in [0.1, 0.15) is 0 Å². The zero-order valence-electron chi connectivity index (χ0n) is 9.12. The molecule has 2 saturated carbocycles. The van der Waals surface area contributed by atoms with E-state index in [0.717, 1.165) is 32.1 Å². The van der Waals surface area contributed by atoms with Crippen LogP contribution >= 0.6 is 0 Å². The summed E-state index contributed by atoms with van der Waals surface area (Å²) in [5, 5.41) is 18.6. The predicted octanol–water partition coefficient (Wildman–Crippen LogP) is 2.39. The molecule has 2 aliphatic carbocycles. The van der Waals surface area contributed by atoms with Crippen LogP contribution in [0.1, 0.15) is 39.0 Å². The Balaban J connectivity index is 2.26. The van der Waals surface area contributed by atoms with Crippen molar-refractivity contribution in [1.82, 2.24) is 0 Å².